The average molecular weight is 396 g/mol. The number of carbonyl (C=O) groups is 1. The zero-order valence-electron chi connectivity index (χ0n) is 16.4. The van der Waals surface area contributed by atoms with Gasteiger partial charge < -0.3 is 10.4 Å². The van der Waals surface area contributed by atoms with Gasteiger partial charge >= 0.3 is 0 Å². The summed E-state index contributed by atoms with van der Waals surface area (Å²) < 4.78 is 0. The van der Waals surface area contributed by atoms with E-state index in [0.29, 0.717) is 17.6 Å². The van der Waals surface area contributed by atoms with Gasteiger partial charge in [0.15, 0.2) is 0 Å². The first-order chi connectivity index (χ1) is 14.7. The molecule has 0 fully saturated rings. The van der Waals surface area contributed by atoms with E-state index in [4.69, 9.17) is 0 Å². The molecule has 0 aliphatic carbocycles. The van der Waals surface area contributed by atoms with Crippen LogP contribution in [-0.2, 0) is 0 Å². The molecule has 3 aromatic heterocycles. The monoisotopic (exact) mass is 396 g/mol. The zero-order chi connectivity index (χ0) is 20.5. The Labute approximate surface area is 172 Å². The van der Waals surface area contributed by atoms with Crippen LogP contribution in [-0.4, -0.2) is 37.6 Å². The van der Waals surface area contributed by atoms with Gasteiger partial charge in [-0.05, 0) is 35.7 Å². The third-order valence-electron chi connectivity index (χ3n) is 5.27. The van der Waals surface area contributed by atoms with Crippen molar-refractivity contribution in [3.05, 3.63) is 78.4 Å². The molecule has 7 nitrogen and oxygen atoms in total. The van der Waals surface area contributed by atoms with Gasteiger partial charge in [0.25, 0.3) is 5.91 Å². The number of imidazole rings is 1. The van der Waals surface area contributed by atoms with Crippen LogP contribution in [0.2, 0.25) is 0 Å². The first kappa shape index (κ1) is 18.1. The van der Waals surface area contributed by atoms with Gasteiger partial charge in [-0.3, -0.25) is 14.9 Å². The Morgan fingerprint density at radius 3 is 2.50 bits per heavy atom. The predicted octanol–water partition coefficient (Wildman–Crippen LogP) is 4.03. The van der Waals surface area contributed by atoms with Crippen molar-refractivity contribution in [3.63, 3.8) is 0 Å². The quantitative estimate of drug-likeness (QED) is 0.417. The fourth-order valence-electron chi connectivity index (χ4n) is 3.59. The Morgan fingerprint density at radius 1 is 1.00 bits per heavy atom. The Kier molecular flexibility index (Phi) is 4.48. The highest BCUT2D eigenvalue weighted by atomic mass is 16.2. The van der Waals surface area contributed by atoms with E-state index in [0.717, 1.165) is 22.2 Å². The minimum Gasteiger partial charge on any atom is -0.349 e. The van der Waals surface area contributed by atoms with E-state index in [9.17, 15) is 4.79 Å². The van der Waals surface area contributed by atoms with Crippen LogP contribution < -0.4 is 5.32 Å². The molecule has 0 aliphatic rings. The van der Waals surface area contributed by atoms with Crippen molar-refractivity contribution in [2.24, 2.45) is 0 Å². The summed E-state index contributed by atoms with van der Waals surface area (Å²) in [6, 6.07) is 17.8. The molecule has 0 bridgehead atoms. The largest absolute Gasteiger partial charge is 0.349 e. The number of aromatic nitrogens is 5. The average Bonchev–Trinajstić information content (AvgIpc) is 3.40. The van der Waals surface area contributed by atoms with Crippen LogP contribution in [0.3, 0.4) is 0 Å². The van der Waals surface area contributed by atoms with Crippen molar-refractivity contribution < 1.29 is 4.79 Å². The Hall–Kier alpha value is -4.00. The van der Waals surface area contributed by atoms with Gasteiger partial charge in [-0.2, -0.15) is 0 Å². The second kappa shape index (κ2) is 7.44. The topological polar surface area (TPSA) is 99.3 Å². The van der Waals surface area contributed by atoms with E-state index >= 15 is 0 Å². The summed E-state index contributed by atoms with van der Waals surface area (Å²) in [6.45, 7) is 2.60. The molecule has 0 spiro atoms. The molecule has 1 atom stereocenters. The summed E-state index contributed by atoms with van der Waals surface area (Å²) in [5.41, 5.74) is 5.41. The summed E-state index contributed by atoms with van der Waals surface area (Å²) in [7, 11) is 0. The minimum absolute atomic E-state index is 0.187. The van der Waals surface area contributed by atoms with Crippen LogP contribution >= 0.6 is 0 Å². The Morgan fingerprint density at radius 2 is 1.73 bits per heavy atom. The highest BCUT2D eigenvalue weighted by Crippen LogP contribution is 2.28. The smallest absolute Gasteiger partial charge is 0.289 e. The fraction of sp³-hybridized carbons (Fsp3) is 0.130. The Bertz CT molecular complexity index is 1320. The number of benzene rings is 2. The van der Waals surface area contributed by atoms with E-state index in [2.05, 4.69) is 49.5 Å². The summed E-state index contributed by atoms with van der Waals surface area (Å²) in [4.78, 5) is 25.6. The van der Waals surface area contributed by atoms with Crippen molar-refractivity contribution in [2.75, 3.05) is 6.54 Å². The van der Waals surface area contributed by atoms with Crippen LogP contribution in [0.4, 0.5) is 0 Å². The number of hydrogen-bond donors (Lipinski definition) is 3. The van der Waals surface area contributed by atoms with E-state index in [1.54, 1.807) is 12.4 Å². The SMILES string of the molecule is C[C@@H](CNC(=O)c1nc2cc3[nH][nH]c(-c4ccncc4)c3cc2n1)c1ccccc1. The maximum Gasteiger partial charge on any atom is 0.289 e. The van der Waals surface area contributed by atoms with E-state index < -0.39 is 0 Å². The second-order valence-electron chi connectivity index (χ2n) is 7.32. The number of H-pyrrole nitrogens is 2. The number of nitrogens with zero attached hydrogens (tertiary/aromatic N) is 3. The van der Waals surface area contributed by atoms with Crippen LogP contribution in [0.15, 0.2) is 67.0 Å². The lowest BCUT2D eigenvalue weighted by Gasteiger charge is -2.12. The third-order valence-corrected chi connectivity index (χ3v) is 5.27. The van der Waals surface area contributed by atoms with Gasteiger partial charge in [0.1, 0.15) is 0 Å². The molecule has 1 amide bonds. The molecule has 0 unspecified atom stereocenters. The van der Waals surface area contributed by atoms with Crippen molar-refractivity contribution in [2.45, 2.75) is 12.8 Å². The molecule has 3 N–H and O–H groups in total. The van der Waals surface area contributed by atoms with E-state index in [1.807, 2.05) is 42.5 Å². The first-order valence-electron chi connectivity index (χ1n) is 9.80. The third kappa shape index (κ3) is 3.30. The number of nitrogens with one attached hydrogen (secondary N) is 3. The highest BCUT2D eigenvalue weighted by molar-refractivity contribution is 6.02. The van der Waals surface area contributed by atoms with Gasteiger partial charge in [0.05, 0.1) is 22.2 Å². The molecule has 5 aromatic rings. The molecule has 148 valence electrons. The molecule has 5 rings (SSSR count). The molecule has 0 saturated carbocycles. The van der Waals surface area contributed by atoms with Crippen LogP contribution in [0.1, 0.15) is 29.0 Å². The molecule has 30 heavy (non-hydrogen) atoms. The number of amides is 1. The molecule has 0 radical (unpaired) electrons. The van der Waals surface area contributed by atoms with Gasteiger partial charge in [-0.25, -0.2) is 9.97 Å². The summed E-state index contributed by atoms with van der Waals surface area (Å²) in [6.07, 6.45) is 3.50. The molecule has 0 aliphatic heterocycles. The minimum atomic E-state index is -0.265. The molecule has 7 heteroatoms. The summed E-state index contributed by atoms with van der Waals surface area (Å²) in [5, 5.41) is 10.3. The van der Waals surface area contributed by atoms with Crippen LogP contribution in [0.25, 0.3) is 33.2 Å². The lowest BCUT2D eigenvalue weighted by Crippen LogP contribution is -2.28. The fourth-order valence-corrected chi connectivity index (χ4v) is 3.59. The highest BCUT2D eigenvalue weighted by Gasteiger charge is 2.16. The molecule has 0 saturated heterocycles. The molecule has 2 aromatic carbocycles. The summed E-state index contributed by atoms with van der Waals surface area (Å²) >= 11 is 0. The van der Waals surface area contributed by atoms with Gasteiger partial charge in [0, 0.05) is 29.9 Å². The van der Waals surface area contributed by atoms with Crippen molar-refractivity contribution in [1.82, 2.24) is 30.5 Å². The van der Waals surface area contributed by atoms with Gasteiger partial charge in [-0.15, -0.1) is 0 Å². The number of pyridine rings is 1. The first-order valence-corrected chi connectivity index (χ1v) is 9.80. The normalized spacial score (nSPS) is 12.3. The maximum absolute atomic E-state index is 12.6. The van der Waals surface area contributed by atoms with Gasteiger partial charge in [-0.1, -0.05) is 37.3 Å². The zero-order valence-corrected chi connectivity index (χ0v) is 16.4. The maximum atomic E-state index is 12.6. The molecular weight excluding hydrogens is 376 g/mol. The lowest BCUT2D eigenvalue weighted by atomic mass is 10.0. The molecular formula is C23H20N6O. The number of carbonyl (C=O) groups excluding carboxylic acids is 1. The van der Waals surface area contributed by atoms with Crippen molar-refractivity contribution in [1.29, 1.82) is 0 Å². The standard InChI is InChI=1S/C23H20N6O/c1-14(15-5-3-2-4-6-15)13-25-23(30)22-26-19-11-17-18(12-20(19)27-22)28-29-21(17)16-7-9-24-10-8-16/h2-12,14,28-29H,13H2,1H3,(H,25,30)/t14-/m0/s1. The van der Waals surface area contributed by atoms with Crippen LogP contribution in [0, 0.1) is 0 Å². The number of fused-ring (bicyclic) bond motifs is 2. The van der Waals surface area contributed by atoms with E-state index in [-0.39, 0.29) is 17.6 Å². The predicted molar refractivity (Wildman–Crippen MR) is 116 cm³/mol. The van der Waals surface area contributed by atoms with Crippen LogP contribution in [0.5, 0.6) is 0 Å². The Balaban J connectivity index is 1.40. The number of aromatic amines is 2. The molecule has 3 heterocycles. The second-order valence-corrected chi connectivity index (χ2v) is 7.32. The van der Waals surface area contributed by atoms with Crippen molar-refractivity contribution in [3.8, 4) is 11.3 Å². The van der Waals surface area contributed by atoms with Crippen molar-refractivity contribution >= 4 is 27.8 Å². The van der Waals surface area contributed by atoms with Gasteiger partial charge in [0.2, 0.25) is 5.82 Å². The number of rotatable bonds is 5. The van der Waals surface area contributed by atoms with E-state index in [1.165, 1.54) is 5.56 Å². The lowest BCUT2D eigenvalue weighted by molar-refractivity contribution is 0.0942. The summed E-state index contributed by atoms with van der Waals surface area (Å²) in [5.74, 6) is 0.127. The number of hydrogen-bond acceptors (Lipinski definition) is 4.